The number of nitrogens with zero attached hydrogens (tertiary/aromatic N) is 1. The molecule has 1 fully saturated rings. The maximum atomic E-state index is 12.3. The van der Waals surface area contributed by atoms with E-state index < -0.39 is 12.0 Å². The van der Waals surface area contributed by atoms with Crippen LogP contribution in [0.15, 0.2) is 24.3 Å². The highest BCUT2D eigenvalue weighted by molar-refractivity contribution is 5.97. The molecule has 3 rings (SSSR count). The molecule has 0 aliphatic carbocycles. The summed E-state index contributed by atoms with van der Waals surface area (Å²) in [6.07, 6.45) is 2.61. The smallest absolute Gasteiger partial charge is 0.329 e. The summed E-state index contributed by atoms with van der Waals surface area (Å²) in [5.41, 5.74) is 2.03. The molecule has 2 amide bonds. The van der Waals surface area contributed by atoms with Crippen molar-refractivity contribution in [3.8, 4) is 0 Å². The Balaban J connectivity index is 1.59. The molecule has 2 aliphatic rings. The molecule has 6 heteroatoms. The molecule has 22 heavy (non-hydrogen) atoms. The van der Waals surface area contributed by atoms with E-state index in [4.69, 9.17) is 4.74 Å². The van der Waals surface area contributed by atoms with Crippen molar-refractivity contribution in [1.29, 1.82) is 0 Å². The number of anilines is 1. The number of amides is 2. The summed E-state index contributed by atoms with van der Waals surface area (Å²) in [5, 5.41) is 2.53. The third-order valence-corrected chi connectivity index (χ3v) is 4.03. The van der Waals surface area contributed by atoms with Crippen LogP contribution in [0.2, 0.25) is 0 Å². The molecule has 1 aromatic carbocycles. The average molecular weight is 302 g/mol. The first-order chi connectivity index (χ1) is 10.6. The minimum Gasteiger partial charge on any atom is -0.454 e. The predicted molar refractivity (Wildman–Crippen MR) is 79.2 cm³/mol. The molecule has 2 heterocycles. The number of nitrogens with one attached hydrogen (secondary N) is 1. The molecule has 0 spiro atoms. The lowest BCUT2D eigenvalue weighted by molar-refractivity contribution is -0.150. The first kappa shape index (κ1) is 14.6. The summed E-state index contributed by atoms with van der Waals surface area (Å²) < 4.78 is 5.06. The Bertz CT molecular complexity index is 614. The summed E-state index contributed by atoms with van der Waals surface area (Å²) in [6.45, 7) is 0.340. The van der Waals surface area contributed by atoms with Crippen molar-refractivity contribution in [1.82, 2.24) is 5.32 Å². The number of rotatable bonds is 3. The molecule has 0 bridgehead atoms. The van der Waals surface area contributed by atoms with Gasteiger partial charge >= 0.3 is 5.97 Å². The van der Waals surface area contributed by atoms with Gasteiger partial charge in [-0.2, -0.15) is 0 Å². The van der Waals surface area contributed by atoms with Gasteiger partial charge in [-0.3, -0.25) is 9.59 Å². The second kappa shape index (κ2) is 6.17. The average Bonchev–Trinajstić information content (AvgIpc) is 2.98. The Hall–Kier alpha value is -2.37. The maximum absolute atomic E-state index is 12.3. The monoisotopic (exact) mass is 302 g/mol. The first-order valence-electron chi connectivity index (χ1n) is 7.49. The van der Waals surface area contributed by atoms with E-state index in [1.807, 2.05) is 24.3 Å². The molecule has 0 unspecified atom stereocenters. The highest BCUT2D eigenvalue weighted by atomic mass is 16.5. The Labute approximate surface area is 128 Å². The van der Waals surface area contributed by atoms with Crippen molar-refractivity contribution in [2.45, 2.75) is 31.7 Å². The second-order valence-corrected chi connectivity index (χ2v) is 5.54. The zero-order valence-electron chi connectivity index (χ0n) is 12.2. The van der Waals surface area contributed by atoms with Gasteiger partial charge in [0.25, 0.3) is 5.91 Å². The topological polar surface area (TPSA) is 75.7 Å². The van der Waals surface area contributed by atoms with Crippen molar-refractivity contribution < 1.29 is 19.1 Å². The normalized spacial score (nSPS) is 20.3. The van der Waals surface area contributed by atoms with Crippen LogP contribution in [0.5, 0.6) is 0 Å². The van der Waals surface area contributed by atoms with E-state index in [9.17, 15) is 14.4 Å². The maximum Gasteiger partial charge on any atom is 0.329 e. The lowest BCUT2D eigenvalue weighted by Gasteiger charge is -2.29. The first-order valence-corrected chi connectivity index (χ1v) is 7.49. The quantitative estimate of drug-likeness (QED) is 0.838. The summed E-state index contributed by atoms with van der Waals surface area (Å²) >= 11 is 0. The van der Waals surface area contributed by atoms with E-state index in [0.717, 1.165) is 24.1 Å². The molecule has 1 saturated heterocycles. The van der Waals surface area contributed by atoms with E-state index in [0.29, 0.717) is 19.4 Å². The largest absolute Gasteiger partial charge is 0.454 e. The van der Waals surface area contributed by atoms with E-state index in [2.05, 4.69) is 5.32 Å². The van der Waals surface area contributed by atoms with E-state index in [1.165, 1.54) is 0 Å². The van der Waals surface area contributed by atoms with Gasteiger partial charge in [-0.25, -0.2) is 4.79 Å². The number of fused-ring (bicyclic) bond motifs is 1. The molecular weight excluding hydrogens is 284 g/mol. The van der Waals surface area contributed by atoms with Crippen LogP contribution in [-0.2, 0) is 25.5 Å². The highest BCUT2D eigenvalue weighted by Crippen LogP contribution is 2.26. The van der Waals surface area contributed by atoms with Crippen LogP contribution in [0.4, 0.5) is 5.69 Å². The van der Waals surface area contributed by atoms with Crippen molar-refractivity contribution in [3.05, 3.63) is 29.8 Å². The summed E-state index contributed by atoms with van der Waals surface area (Å²) in [6, 6.07) is 7.15. The molecule has 0 aromatic heterocycles. The fraction of sp³-hybridized carbons (Fsp3) is 0.438. The summed E-state index contributed by atoms with van der Waals surface area (Å²) in [4.78, 5) is 36.9. The Morgan fingerprint density at radius 3 is 2.86 bits per heavy atom. The van der Waals surface area contributed by atoms with Crippen LogP contribution < -0.4 is 10.2 Å². The third kappa shape index (κ3) is 2.95. The Morgan fingerprint density at radius 1 is 1.27 bits per heavy atom. The molecule has 1 aromatic rings. The number of para-hydroxylation sites is 1. The van der Waals surface area contributed by atoms with Crippen LogP contribution in [0.25, 0.3) is 0 Å². The van der Waals surface area contributed by atoms with Gasteiger partial charge in [0.2, 0.25) is 5.91 Å². The van der Waals surface area contributed by atoms with Crippen LogP contribution in [0.1, 0.15) is 24.8 Å². The number of benzene rings is 1. The fourth-order valence-corrected chi connectivity index (χ4v) is 2.89. The minimum absolute atomic E-state index is 0.154. The zero-order valence-corrected chi connectivity index (χ0v) is 12.2. The number of hydrogen-bond acceptors (Lipinski definition) is 4. The van der Waals surface area contributed by atoms with E-state index in [1.54, 1.807) is 4.90 Å². The van der Waals surface area contributed by atoms with Crippen molar-refractivity contribution in [2.75, 3.05) is 18.1 Å². The number of aryl methyl sites for hydroxylation is 1. The molecule has 116 valence electrons. The molecule has 0 saturated carbocycles. The number of ether oxygens (including phenoxy) is 1. The number of carbonyl (C=O) groups excluding carboxylic acids is 3. The van der Waals surface area contributed by atoms with E-state index in [-0.39, 0.29) is 18.4 Å². The zero-order chi connectivity index (χ0) is 15.5. The van der Waals surface area contributed by atoms with Crippen LogP contribution in [0.3, 0.4) is 0 Å². The standard InChI is InChI=1S/C16H18N2O4/c19-14-8-7-12(17-14)16(21)22-10-15(20)18-9-3-5-11-4-1-2-6-13(11)18/h1-2,4,6,12H,3,5,7-10H2,(H,17,19)/t12-/m1/s1. The van der Waals surface area contributed by atoms with Gasteiger partial charge in [0.05, 0.1) is 0 Å². The van der Waals surface area contributed by atoms with Crippen LogP contribution in [-0.4, -0.2) is 37.0 Å². The van der Waals surface area contributed by atoms with E-state index >= 15 is 0 Å². The van der Waals surface area contributed by atoms with Gasteiger partial charge < -0.3 is 15.0 Å². The highest BCUT2D eigenvalue weighted by Gasteiger charge is 2.30. The number of esters is 1. The summed E-state index contributed by atoms with van der Waals surface area (Å²) in [5.74, 6) is -0.924. The van der Waals surface area contributed by atoms with Crippen LogP contribution in [0, 0.1) is 0 Å². The lowest BCUT2D eigenvalue weighted by Crippen LogP contribution is -2.40. The van der Waals surface area contributed by atoms with Crippen molar-refractivity contribution in [2.24, 2.45) is 0 Å². The number of hydrogen-bond donors (Lipinski definition) is 1. The third-order valence-electron chi connectivity index (χ3n) is 4.03. The Morgan fingerprint density at radius 2 is 2.09 bits per heavy atom. The molecular formula is C16H18N2O4. The van der Waals surface area contributed by atoms with Gasteiger partial charge in [-0.1, -0.05) is 18.2 Å². The molecule has 1 atom stereocenters. The summed E-state index contributed by atoms with van der Waals surface area (Å²) in [7, 11) is 0. The van der Waals surface area contributed by atoms with Crippen molar-refractivity contribution in [3.63, 3.8) is 0 Å². The van der Waals surface area contributed by atoms with Gasteiger partial charge in [-0.15, -0.1) is 0 Å². The predicted octanol–water partition coefficient (Wildman–Crippen LogP) is 0.788. The van der Waals surface area contributed by atoms with Crippen LogP contribution >= 0.6 is 0 Å². The van der Waals surface area contributed by atoms with Crippen molar-refractivity contribution >= 4 is 23.5 Å². The van der Waals surface area contributed by atoms with Gasteiger partial charge in [-0.05, 0) is 30.9 Å². The van der Waals surface area contributed by atoms with Gasteiger partial charge in [0, 0.05) is 18.7 Å². The Kier molecular flexibility index (Phi) is 4.09. The SMILES string of the molecule is O=C1CC[C@H](C(=O)OCC(=O)N2CCCc3ccccc32)N1. The molecule has 1 N–H and O–H groups in total. The molecule has 0 radical (unpaired) electrons. The number of carbonyl (C=O) groups is 3. The second-order valence-electron chi connectivity index (χ2n) is 5.54. The minimum atomic E-state index is -0.617. The lowest BCUT2D eigenvalue weighted by atomic mass is 10.0. The molecule has 6 nitrogen and oxygen atoms in total. The fourth-order valence-electron chi connectivity index (χ4n) is 2.89. The molecule has 2 aliphatic heterocycles. The van der Waals surface area contributed by atoms with Gasteiger partial charge in [0.15, 0.2) is 6.61 Å². The van der Waals surface area contributed by atoms with Gasteiger partial charge in [0.1, 0.15) is 6.04 Å².